The molecule has 0 heterocycles. The van der Waals surface area contributed by atoms with E-state index in [2.05, 4.69) is 50.9 Å². The van der Waals surface area contributed by atoms with Crippen molar-refractivity contribution in [2.24, 2.45) is 4.99 Å². The van der Waals surface area contributed by atoms with Crippen LogP contribution < -0.4 is 0 Å². The Morgan fingerprint density at radius 2 is 2.12 bits per heavy atom. The zero-order valence-corrected chi connectivity index (χ0v) is 11.6. The molecule has 1 heteroatoms. The third-order valence-corrected chi connectivity index (χ3v) is 3.16. The lowest BCUT2D eigenvalue weighted by atomic mass is 9.90. The number of allylic oxidation sites excluding steroid dienone is 1. The van der Waals surface area contributed by atoms with Gasteiger partial charge in [0.05, 0.1) is 0 Å². The van der Waals surface area contributed by atoms with Crippen LogP contribution in [0.25, 0.3) is 0 Å². The van der Waals surface area contributed by atoms with Crippen LogP contribution in [0.2, 0.25) is 0 Å². The quantitative estimate of drug-likeness (QED) is 0.654. The fourth-order valence-electron chi connectivity index (χ4n) is 1.90. The smallest absolute Gasteiger partial charge is 0.0447 e. The first-order valence-electron chi connectivity index (χ1n) is 6.36. The van der Waals surface area contributed by atoms with Crippen molar-refractivity contribution in [3.05, 3.63) is 47.2 Å². The first-order valence-corrected chi connectivity index (χ1v) is 6.36. The van der Waals surface area contributed by atoms with Gasteiger partial charge in [-0.2, -0.15) is 0 Å². The molecule has 0 fully saturated rings. The van der Waals surface area contributed by atoms with Crippen molar-refractivity contribution in [1.29, 1.82) is 0 Å². The van der Waals surface area contributed by atoms with E-state index < -0.39 is 0 Å². The molecule has 0 spiro atoms. The number of nitrogens with zero attached hydrogens (tertiary/aromatic N) is 1. The van der Waals surface area contributed by atoms with E-state index >= 15 is 0 Å². The summed E-state index contributed by atoms with van der Waals surface area (Å²) in [6.07, 6.45) is 4.98. The summed E-state index contributed by atoms with van der Waals surface area (Å²) >= 11 is 0. The van der Waals surface area contributed by atoms with E-state index in [9.17, 15) is 0 Å². The maximum Gasteiger partial charge on any atom is 0.0447 e. The maximum atomic E-state index is 4.46. The second-order valence-electron chi connectivity index (χ2n) is 4.60. The molecule has 1 aromatic rings. The Labute approximate surface area is 105 Å². The predicted molar refractivity (Wildman–Crippen MR) is 76.9 cm³/mol. The minimum Gasteiger partial charge on any atom is -0.261 e. The van der Waals surface area contributed by atoms with Crippen LogP contribution in [-0.2, 0) is 0 Å². The Bertz CT molecular complexity index is 427. The lowest BCUT2D eigenvalue weighted by Gasteiger charge is -2.15. The van der Waals surface area contributed by atoms with Gasteiger partial charge in [0.25, 0.3) is 0 Å². The lowest BCUT2D eigenvalue weighted by Crippen LogP contribution is -2.04. The van der Waals surface area contributed by atoms with E-state index in [0.29, 0.717) is 5.92 Å². The molecular weight excluding hydrogens is 206 g/mol. The van der Waals surface area contributed by atoms with Crippen molar-refractivity contribution in [2.45, 2.75) is 47.0 Å². The monoisotopic (exact) mass is 229 g/mol. The molecule has 1 aromatic carbocycles. The van der Waals surface area contributed by atoms with Crippen molar-refractivity contribution in [3.8, 4) is 0 Å². The van der Waals surface area contributed by atoms with E-state index in [0.717, 1.165) is 12.1 Å². The van der Waals surface area contributed by atoms with Crippen molar-refractivity contribution in [2.75, 3.05) is 0 Å². The zero-order chi connectivity index (χ0) is 12.8. The third-order valence-electron chi connectivity index (χ3n) is 3.16. The van der Waals surface area contributed by atoms with Crippen molar-refractivity contribution in [1.82, 2.24) is 0 Å². The van der Waals surface area contributed by atoms with Crippen LogP contribution >= 0.6 is 0 Å². The van der Waals surface area contributed by atoms with Gasteiger partial charge in [0, 0.05) is 11.9 Å². The van der Waals surface area contributed by atoms with Gasteiger partial charge in [-0.05, 0) is 44.2 Å². The molecule has 92 valence electrons. The van der Waals surface area contributed by atoms with Crippen LogP contribution in [0.5, 0.6) is 0 Å². The van der Waals surface area contributed by atoms with Crippen LogP contribution in [0.3, 0.4) is 0 Å². The molecule has 0 N–H and O–H groups in total. The van der Waals surface area contributed by atoms with E-state index in [1.54, 1.807) is 0 Å². The van der Waals surface area contributed by atoms with Gasteiger partial charge in [-0.3, -0.25) is 4.99 Å². The highest BCUT2D eigenvalue weighted by Gasteiger charge is 2.10. The summed E-state index contributed by atoms with van der Waals surface area (Å²) in [5, 5.41) is 0. The SMILES string of the molecule is C/C=C\N=C(/C)c1ccc(C)cc1C(C)CC. The van der Waals surface area contributed by atoms with E-state index in [1.165, 1.54) is 16.7 Å². The van der Waals surface area contributed by atoms with Gasteiger partial charge in [0.1, 0.15) is 0 Å². The first kappa shape index (κ1) is 13.7. The second-order valence-corrected chi connectivity index (χ2v) is 4.60. The van der Waals surface area contributed by atoms with Crippen molar-refractivity contribution in [3.63, 3.8) is 0 Å². The van der Waals surface area contributed by atoms with Crippen LogP contribution in [0.15, 0.2) is 35.5 Å². The highest BCUT2D eigenvalue weighted by atomic mass is 14.7. The molecule has 0 aromatic heterocycles. The molecule has 1 atom stereocenters. The highest BCUT2D eigenvalue weighted by Crippen LogP contribution is 2.24. The molecular formula is C16H23N. The predicted octanol–water partition coefficient (Wildman–Crippen LogP) is 4.85. The summed E-state index contributed by atoms with van der Waals surface area (Å²) in [7, 11) is 0. The molecule has 0 aliphatic heterocycles. The molecule has 1 nitrogen and oxygen atoms in total. The Hall–Kier alpha value is -1.37. The van der Waals surface area contributed by atoms with E-state index in [-0.39, 0.29) is 0 Å². The Morgan fingerprint density at radius 3 is 2.71 bits per heavy atom. The first-order chi connectivity index (χ1) is 8.10. The average Bonchev–Trinajstić information content (AvgIpc) is 2.34. The summed E-state index contributed by atoms with van der Waals surface area (Å²) in [5.74, 6) is 0.584. The Morgan fingerprint density at radius 1 is 1.41 bits per heavy atom. The van der Waals surface area contributed by atoms with E-state index in [4.69, 9.17) is 0 Å². The summed E-state index contributed by atoms with van der Waals surface area (Å²) in [4.78, 5) is 4.46. The van der Waals surface area contributed by atoms with Crippen LogP contribution in [0.4, 0.5) is 0 Å². The normalized spacial score (nSPS) is 14.3. The minimum atomic E-state index is 0.584. The summed E-state index contributed by atoms with van der Waals surface area (Å²) in [6, 6.07) is 6.65. The molecule has 17 heavy (non-hydrogen) atoms. The minimum absolute atomic E-state index is 0.584. The number of benzene rings is 1. The van der Waals surface area contributed by atoms with Gasteiger partial charge < -0.3 is 0 Å². The largest absolute Gasteiger partial charge is 0.261 e. The molecule has 0 amide bonds. The van der Waals surface area contributed by atoms with Crippen LogP contribution in [-0.4, -0.2) is 5.71 Å². The number of hydrogen-bond donors (Lipinski definition) is 0. The lowest BCUT2D eigenvalue weighted by molar-refractivity contribution is 0.731. The number of hydrogen-bond acceptors (Lipinski definition) is 1. The molecule has 1 unspecified atom stereocenters. The Balaban J connectivity index is 3.23. The highest BCUT2D eigenvalue weighted by molar-refractivity contribution is 6.00. The zero-order valence-electron chi connectivity index (χ0n) is 11.6. The molecule has 0 aliphatic rings. The van der Waals surface area contributed by atoms with Gasteiger partial charge >= 0.3 is 0 Å². The third kappa shape index (κ3) is 3.55. The van der Waals surface area contributed by atoms with Crippen LogP contribution in [0, 0.1) is 6.92 Å². The molecule has 0 saturated heterocycles. The summed E-state index contributed by atoms with van der Waals surface area (Å²) in [6.45, 7) is 10.7. The molecule has 0 radical (unpaired) electrons. The number of rotatable bonds is 4. The Kier molecular flexibility index (Phi) is 5.14. The van der Waals surface area contributed by atoms with E-state index in [1.807, 2.05) is 19.2 Å². The molecule has 0 bridgehead atoms. The second kappa shape index (κ2) is 6.39. The maximum absolute atomic E-state index is 4.46. The number of aryl methyl sites for hydroxylation is 1. The summed E-state index contributed by atoms with van der Waals surface area (Å²) in [5.41, 5.74) is 5.11. The fourth-order valence-corrected chi connectivity index (χ4v) is 1.90. The van der Waals surface area contributed by atoms with Crippen LogP contribution in [0.1, 0.15) is 56.7 Å². The standard InChI is InChI=1S/C16H23N/c1-6-10-17-14(5)15-9-8-12(3)11-16(15)13(4)7-2/h6,8-11,13H,7H2,1-5H3/b10-6-,17-14+. The summed E-state index contributed by atoms with van der Waals surface area (Å²) < 4.78 is 0. The van der Waals surface area contributed by atoms with Gasteiger partial charge in [-0.25, -0.2) is 0 Å². The topological polar surface area (TPSA) is 12.4 Å². The number of aliphatic imine (C=N–C) groups is 1. The van der Waals surface area contributed by atoms with Crippen molar-refractivity contribution < 1.29 is 0 Å². The molecule has 0 saturated carbocycles. The average molecular weight is 229 g/mol. The fraction of sp³-hybridized carbons (Fsp3) is 0.438. The molecule has 0 aliphatic carbocycles. The van der Waals surface area contributed by atoms with Crippen molar-refractivity contribution >= 4 is 5.71 Å². The van der Waals surface area contributed by atoms with Gasteiger partial charge in [-0.15, -0.1) is 0 Å². The molecule has 1 rings (SSSR count). The van der Waals surface area contributed by atoms with Gasteiger partial charge in [-0.1, -0.05) is 43.7 Å². The van der Waals surface area contributed by atoms with Gasteiger partial charge in [0.2, 0.25) is 0 Å². The van der Waals surface area contributed by atoms with Gasteiger partial charge in [0.15, 0.2) is 0 Å².